The maximum atomic E-state index is 13.5. The first-order chi connectivity index (χ1) is 15.0. The highest BCUT2D eigenvalue weighted by Crippen LogP contribution is 2.35. The Kier molecular flexibility index (Phi) is 7.76. The number of fused-ring (bicyclic) bond motifs is 1. The number of benzene rings is 2. The molecule has 0 aromatic heterocycles. The van der Waals surface area contributed by atoms with Crippen molar-refractivity contribution in [1.29, 1.82) is 0 Å². The largest absolute Gasteiger partial charge is 0.334 e. The Morgan fingerprint density at radius 3 is 2.44 bits per heavy atom. The summed E-state index contributed by atoms with van der Waals surface area (Å²) in [6, 6.07) is 10.5. The molecular formula is C23H29Cl2N3O3S. The third-order valence-corrected chi connectivity index (χ3v) is 7.53. The summed E-state index contributed by atoms with van der Waals surface area (Å²) in [4.78, 5) is 17.3. The van der Waals surface area contributed by atoms with Gasteiger partial charge in [0, 0.05) is 24.7 Å². The first kappa shape index (κ1) is 24.8. The fraction of sp³-hybridized carbons (Fsp3) is 0.435. The zero-order valence-corrected chi connectivity index (χ0v) is 21.1. The van der Waals surface area contributed by atoms with E-state index in [0.29, 0.717) is 40.8 Å². The van der Waals surface area contributed by atoms with E-state index in [1.807, 2.05) is 33.2 Å². The molecule has 0 radical (unpaired) electrons. The van der Waals surface area contributed by atoms with Gasteiger partial charge in [0.15, 0.2) is 0 Å². The molecule has 0 saturated carbocycles. The molecule has 1 heterocycles. The molecule has 0 bridgehead atoms. The van der Waals surface area contributed by atoms with Gasteiger partial charge >= 0.3 is 0 Å². The minimum atomic E-state index is -3.37. The summed E-state index contributed by atoms with van der Waals surface area (Å²) in [6.07, 6.45) is 2.61. The van der Waals surface area contributed by atoms with Crippen LogP contribution in [0.3, 0.4) is 0 Å². The molecule has 32 heavy (non-hydrogen) atoms. The van der Waals surface area contributed by atoms with Crippen LogP contribution in [-0.2, 0) is 23.0 Å². The molecule has 174 valence electrons. The van der Waals surface area contributed by atoms with Crippen LogP contribution in [0.25, 0.3) is 0 Å². The average Bonchev–Trinajstić information content (AvgIpc) is 3.04. The van der Waals surface area contributed by atoms with Gasteiger partial charge in [-0.25, -0.2) is 8.42 Å². The third-order valence-electron chi connectivity index (χ3n) is 5.51. The van der Waals surface area contributed by atoms with Crippen molar-refractivity contribution < 1.29 is 13.2 Å². The minimum absolute atomic E-state index is 0.0944. The van der Waals surface area contributed by atoms with E-state index >= 15 is 0 Å². The van der Waals surface area contributed by atoms with Crippen LogP contribution in [0.2, 0.25) is 10.0 Å². The standard InChI is InChI=1S/C23H29Cl2N3O3S/c1-16-12-19-14-18(7-9-22(19)28(16)32(4,30)31)23(29)27(11-5-10-26(2)3)15-17-6-8-20(24)21(25)13-17/h6-9,13-14,16H,5,10-12,15H2,1-4H3. The molecule has 1 unspecified atom stereocenters. The lowest BCUT2D eigenvalue weighted by Gasteiger charge is -2.25. The molecule has 0 spiro atoms. The predicted molar refractivity (Wildman–Crippen MR) is 131 cm³/mol. The van der Waals surface area contributed by atoms with Gasteiger partial charge in [-0.3, -0.25) is 9.10 Å². The molecule has 0 saturated heterocycles. The van der Waals surface area contributed by atoms with Crippen molar-refractivity contribution in [3.63, 3.8) is 0 Å². The van der Waals surface area contributed by atoms with Crippen molar-refractivity contribution in [2.75, 3.05) is 37.7 Å². The number of carbonyl (C=O) groups excluding carboxylic acids is 1. The van der Waals surface area contributed by atoms with Crippen LogP contribution in [-0.4, -0.2) is 63.6 Å². The number of rotatable bonds is 8. The Morgan fingerprint density at radius 1 is 1.09 bits per heavy atom. The van der Waals surface area contributed by atoms with Crippen LogP contribution in [0.4, 0.5) is 5.69 Å². The number of halogens is 2. The first-order valence-electron chi connectivity index (χ1n) is 10.5. The third kappa shape index (κ3) is 5.76. The van der Waals surface area contributed by atoms with Gasteiger partial charge < -0.3 is 9.80 Å². The summed E-state index contributed by atoms with van der Waals surface area (Å²) in [7, 11) is 0.628. The van der Waals surface area contributed by atoms with Crippen molar-refractivity contribution in [3.8, 4) is 0 Å². The molecule has 9 heteroatoms. The molecule has 1 atom stereocenters. The van der Waals surface area contributed by atoms with E-state index in [4.69, 9.17) is 23.2 Å². The summed E-state index contributed by atoms with van der Waals surface area (Å²) in [6.45, 7) is 3.73. The Labute approximate surface area is 200 Å². The second kappa shape index (κ2) is 10.00. The van der Waals surface area contributed by atoms with E-state index in [0.717, 1.165) is 24.1 Å². The Balaban J connectivity index is 1.87. The van der Waals surface area contributed by atoms with E-state index in [1.165, 1.54) is 10.6 Å². The summed E-state index contributed by atoms with van der Waals surface area (Å²) >= 11 is 12.2. The highest BCUT2D eigenvalue weighted by molar-refractivity contribution is 7.92. The lowest BCUT2D eigenvalue weighted by atomic mass is 10.1. The van der Waals surface area contributed by atoms with Crippen molar-refractivity contribution >= 4 is 44.8 Å². The zero-order chi connectivity index (χ0) is 23.6. The Hall–Kier alpha value is -1.80. The summed E-state index contributed by atoms with van der Waals surface area (Å²) < 4.78 is 25.8. The van der Waals surface area contributed by atoms with Gasteiger partial charge in [0.05, 0.1) is 22.0 Å². The van der Waals surface area contributed by atoms with E-state index in [2.05, 4.69) is 4.90 Å². The molecule has 3 rings (SSSR count). The Morgan fingerprint density at radius 2 is 1.81 bits per heavy atom. The van der Waals surface area contributed by atoms with E-state index in [9.17, 15) is 13.2 Å². The molecule has 0 N–H and O–H groups in total. The van der Waals surface area contributed by atoms with Gasteiger partial charge in [-0.15, -0.1) is 0 Å². The molecule has 2 aromatic rings. The summed E-state index contributed by atoms with van der Waals surface area (Å²) in [5.74, 6) is -0.0944. The molecular weight excluding hydrogens is 469 g/mol. The number of sulfonamides is 1. The quantitative estimate of drug-likeness (QED) is 0.545. The van der Waals surface area contributed by atoms with Crippen molar-refractivity contribution in [3.05, 3.63) is 63.1 Å². The SMILES string of the molecule is CC1Cc2cc(C(=O)N(CCCN(C)C)Cc3ccc(Cl)c(Cl)c3)ccc2N1S(C)(=O)=O. The van der Waals surface area contributed by atoms with E-state index in [1.54, 1.807) is 29.2 Å². The van der Waals surface area contributed by atoms with Crippen molar-refractivity contribution in [1.82, 2.24) is 9.80 Å². The number of hydrogen-bond acceptors (Lipinski definition) is 4. The fourth-order valence-corrected chi connectivity index (χ4v) is 5.70. The van der Waals surface area contributed by atoms with Crippen LogP contribution in [0, 0.1) is 0 Å². The molecule has 0 aliphatic carbocycles. The van der Waals surface area contributed by atoms with E-state index < -0.39 is 10.0 Å². The zero-order valence-electron chi connectivity index (χ0n) is 18.8. The summed E-state index contributed by atoms with van der Waals surface area (Å²) in [5, 5.41) is 0.932. The smallest absolute Gasteiger partial charge is 0.254 e. The summed E-state index contributed by atoms with van der Waals surface area (Å²) in [5.41, 5.74) is 2.98. The number of hydrogen-bond donors (Lipinski definition) is 0. The molecule has 0 fully saturated rings. The van der Waals surface area contributed by atoms with Gasteiger partial charge in [0.25, 0.3) is 5.91 Å². The lowest BCUT2D eigenvalue weighted by Crippen LogP contribution is -2.34. The maximum Gasteiger partial charge on any atom is 0.254 e. The van der Waals surface area contributed by atoms with E-state index in [-0.39, 0.29) is 11.9 Å². The second-order valence-electron chi connectivity index (χ2n) is 8.59. The lowest BCUT2D eigenvalue weighted by molar-refractivity contribution is 0.0737. The van der Waals surface area contributed by atoms with Gasteiger partial charge in [-0.05, 0) is 81.9 Å². The van der Waals surface area contributed by atoms with Gasteiger partial charge in [-0.2, -0.15) is 0 Å². The highest BCUT2D eigenvalue weighted by Gasteiger charge is 2.33. The van der Waals surface area contributed by atoms with Crippen LogP contribution >= 0.6 is 23.2 Å². The number of nitrogens with zero attached hydrogens (tertiary/aromatic N) is 3. The Bertz CT molecular complexity index is 1110. The van der Waals surface area contributed by atoms with Crippen molar-refractivity contribution in [2.45, 2.75) is 32.4 Å². The average molecular weight is 498 g/mol. The highest BCUT2D eigenvalue weighted by atomic mass is 35.5. The molecule has 1 aliphatic rings. The van der Waals surface area contributed by atoms with Crippen LogP contribution in [0.1, 0.15) is 34.8 Å². The van der Waals surface area contributed by atoms with Gasteiger partial charge in [-0.1, -0.05) is 29.3 Å². The molecule has 2 aromatic carbocycles. The monoisotopic (exact) mass is 497 g/mol. The number of amides is 1. The second-order valence-corrected chi connectivity index (χ2v) is 11.3. The van der Waals surface area contributed by atoms with Crippen LogP contribution in [0.5, 0.6) is 0 Å². The number of anilines is 1. The molecule has 1 amide bonds. The maximum absolute atomic E-state index is 13.5. The first-order valence-corrected chi connectivity index (χ1v) is 13.1. The molecule has 6 nitrogen and oxygen atoms in total. The topological polar surface area (TPSA) is 60.9 Å². The van der Waals surface area contributed by atoms with Crippen LogP contribution in [0.15, 0.2) is 36.4 Å². The number of carbonyl (C=O) groups is 1. The predicted octanol–water partition coefficient (Wildman–Crippen LogP) is 4.30. The minimum Gasteiger partial charge on any atom is -0.334 e. The normalized spacial score (nSPS) is 15.8. The van der Waals surface area contributed by atoms with Crippen molar-refractivity contribution in [2.24, 2.45) is 0 Å². The van der Waals surface area contributed by atoms with Gasteiger partial charge in [0.1, 0.15) is 0 Å². The van der Waals surface area contributed by atoms with Gasteiger partial charge in [0.2, 0.25) is 10.0 Å². The fourth-order valence-electron chi connectivity index (χ4n) is 4.11. The van der Waals surface area contributed by atoms with Crippen LogP contribution < -0.4 is 4.31 Å². The molecule has 1 aliphatic heterocycles.